The zero-order valence-electron chi connectivity index (χ0n) is 8.78. The van der Waals surface area contributed by atoms with Crippen molar-refractivity contribution in [2.24, 2.45) is 0 Å². The Labute approximate surface area is 93.0 Å². The maximum Gasteiger partial charge on any atom is 0.268 e. The van der Waals surface area contributed by atoms with Crippen LogP contribution in [-0.4, -0.2) is 15.5 Å². The van der Waals surface area contributed by atoms with Crippen molar-refractivity contribution < 1.29 is 0 Å². The van der Waals surface area contributed by atoms with E-state index in [2.05, 4.69) is 17.7 Å². The number of allylic oxidation sites excluding steroid dienone is 1. The highest BCUT2D eigenvalue weighted by atomic mass is 32.1. The molecule has 1 rings (SSSR count). The summed E-state index contributed by atoms with van der Waals surface area (Å²) in [5, 5.41) is 2.52. The maximum atomic E-state index is 11.7. The van der Waals surface area contributed by atoms with E-state index in [9.17, 15) is 9.59 Å². The molecule has 1 N–H and O–H groups in total. The van der Waals surface area contributed by atoms with Gasteiger partial charge in [-0.15, -0.1) is 0 Å². The summed E-state index contributed by atoms with van der Waals surface area (Å²) >= 11 is 4.00. The van der Waals surface area contributed by atoms with E-state index in [1.54, 1.807) is 19.9 Å². The standard InChI is InChI=1S/C10H14N2O2S/c1-7-8(2)10(14)12(11-9(7)13)5-3-4-6-15/h3-4,15H,5-6H2,1-2H3,(H,11,13). The zero-order chi connectivity index (χ0) is 11.4. The number of hydrogen-bond acceptors (Lipinski definition) is 3. The highest BCUT2D eigenvalue weighted by molar-refractivity contribution is 7.80. The van der Waals surface area contributed by atoms with Crippen LogP contribution in [-0.2, 0) is 6.54 Å². The van der Waals surface area contributed by atoms with Crippen molar-refractivity contribution in [2.75, 3.05) is 5.75 Å². The van der Waals surface area contributed by atoms with E-state index in [-0.39, 0.29) is 11.1 Å². The Morgan fingerprint density at radius 2 is 1.93 bits per heavy atom. The number of hydrogen-bond donors (Lipinski definition) is 2. The van der Waals surface area contributed by atoms with Crippen molar-refractivity contribution in [1.29, 1.82) is 0 Å². The van der Waals surface area contributed by atoms with Gasteiger partial charge in [0.25, 0.3) is 11.1 Å². The molecule has 0 fully saturated rings. The van der Waals surface area contributed by atoms with Gasteiger partial charge in [-0.3, -0.25) is 14.7 Å². The molecular formula is C10H14N2O2S. The van der Waals surface area contributed by atoms with E-state index in [1.807, 2.05) is 6.08 Å². The van der Waals surface area contributed by atoms with Crippen LogP contribution in [0.3, 0.4) is 0 Å². The summed E-state index contributed by atoms with van der Waals surface area (Å²) in [5.41, 5.74) is 0.606. The summed E-state index contributed by atoms with van der Waals surface area (Å²) < 4.78 is 1.30. The van der Waals surface area contributed by atoms with Crippen LogP contribution in [0.4, 0.5) is 0 Å². The van der Waals surface area contributed by atoms with Gasteiger partial charge in [-0.2, -0.15) is 12.6 Å². The second-order valence-electron chi connectivity index (χ2n) is 3.26. The first-order valence-corrected chi connectivity index (χ1v) is 5.27. The zero-order valence-corrected chi connectivity index (χ0v) is 9.67. The Bertz CT molecular complexity index is 485. The molecule has 4 nitrogen and oxygen atoms in total. The molecular weight excluding hydrogens is 212 g/mol. The molecule has 0 aliphatic carbocycles. The van der Waals surface area contributed by atoms with Crippen LogP contribution in [0.1, 0.15) is 11.1 Å². The molecule has 0 aromatic carbocycles. The molecule has 0 radical (unpaired) electrons. The number of aromatic amines is 1. The number of nitrogens with zero attached hydrogens (tertiary/aromatic N) is 1. The van der Waals surface area contributed by atoms with Gasteiger partial charge in [0.2, 0.25) is 0 Å². The minimum Gasteiger partial charge on any atom is -0.268 e. The number of thiol groups is 1. The van der Waals surface area contributed by atoms with Crippen molar-refractivity contribution in [1.82, 2.24) is 9.78 Å². The van der Waals surface area contributed by atoms with Crippen molar-refractivity contribution in [2.45, 2.75) is 20.4 Å². The second-order valence-corrected chi connectivity index (χ2v) is 3.63. The number of H-pyrrole nitrogens is 1. The predicted molar refractivity (Wildman–Crippen MR) is 63.8 cm³/mol. The molecule has 1 aromatic rings. The Balaban J connectivity index is 3.16. The average Bonchev–Trinajstić information content (AvgIpc) is 2.23. The lowest BCUT2D eigenvalue weighted by atomic mass is 10.2. The van der Waals surface area contributed by atoms with E-state index >= 15 is 0 Å². The lowest BCUT2D eigenvalue weighted by Gasteiger charge is -2.04. The summed E-state index contributed by atoms with van der Waals surface area (Å²) in [7, 11) is 0. The third kappa shape index (κ3) is 2.62. The van der Waals surface area contributed by atoms with E-state index in [4.69, 9.17) is 0 Å². The molecule has 1 aromatic heterocycles. The van der Waals surface area contributed by atoms with E-state index < -0.39 is 0 Å². The maximum absolute atomic E-state index is 11.7. The van der Waals surface area contributed by atoms with Crippen LogP contribution in [0.5, 0.6) is 0 Å². The van der Waals surface area contributed by atoms with Crippen molar-refractivity contribution >= 4 is 12.6 Å². The van der Waals surface area contributed by atoms with Gasteiger partial charge in [0, 0.05) is 16.9 Å². The number of aromatic nitrogens is 2. The predicted octanol–water partition coefficient (Wildman–Crippen LogP) is 0.639. The fourth-order valence-corrected chi connectivity index (χ4v) is 1.32. The molecule has 15 heavy (non-hydrogen) atoms. The molecule has 0 amide bonds. The SMILES string of the molecule is Cc1c(C)c(=O)n(CC=CCS)[nH]c1=O. The van der Waals surface area contributed by atoms with Crippen LogP contribution in [0.15, 0.2) is 21.7 Å². The van der Waals surface area contributed by atoms with Gasteiger partial charge >= 0.3 is 0 Å². The minimum atomic E-state index is -0.216. The topological polar surface area (TPSA) is 54.9 Å². The highest BCUT2D eigenvalue weighted by Gasteiger charge is 2.05. The molecule has 0 unspecified atom stereocenters. The van der Waals surface area contributed by atoms with Gasteiger partial charge in [-0.25, -0.2) is 4.68 Å². The monoisotopic (exact) mass is 226 g/mol. The Kier molecular flexibility index (Phi) is 3.96. The molecule has 1 heterocycles. The first kappa shape index (κ1) is 11.8. The average molecular weight is 226 g/mol. The van der Waals surface area contributed by atoms with Gasteiger partial charge in [0.1, 0.15) is 0 Å². The molecule has 0 atom stereocenters. The van der Waals surface area contributed by atoms with E-state index in [0.29, 0.717) is 23.4 Å². The van der Waals surface area contributed by atoms with E-state index in [1.165, 1.54) is 4.68 Å². The molecule has 0 aliphatic heterocycles. The third-order valence-corrected chi connectivity index (χ3v) is 2.48. The molecule has 5 heteroatoms. The molecule has 0 saturated heterocycles. The van der Waals surface area contributed by atoms with Crippen LogP contribution < -0.4 is 11.1 Å². The van der Waals surface area contributed by atoms with Crippen molar-refractivity contribution in [3.63, 3.8) is 0 Å². The lowest BCUT2D eigenvalue weighted by molar-refractivity contribution is 0.629. The molecule has 0 spiro atoms. The van der Waals surface area contributed by atoms with E-state index in [0.717, 1.165) is 0 Å². The summed E-state index contributed by atoms with van der Waals surface area (Å²) in [6.45, 7) is 3.67. The summed E-state index contributed by atoms with van der Waals surface area (Å²) in [6, 6.07) is 0. The second kappa shape index (κ2) is 5.02. The first-order valence-electron chi connectivity index (χ1n) is 4.64. The van der Waals surface area contributed by atoms with Gasteiger partial charge in [0.05, 0.1) is 6.54 Å². The summed E-state index contributed by atoms with van der Waals surface area (Å²) in [5.74, 6) is 0.615. The third-order valence-electron chi connectivity index (χ3n) is 2.27. The summed E-state index contributed by atoms with van der Waals surface area (Å²) in [4.78, 5) is 23.1. The van der Waals surface area contributed by atoms with Gasteiger partial charge in [-0.1, -0.05) is 12.2 Å². The Hall–Kier alpha value is -1.23. The minimum absolute atomic E-state index is 0.157. The molecule has 82 valence electrons. The van der Waals surface area contributed by atoms with Crippen molar-refractivity contribution in [3.05, 3.63) is 44.0 Å². The molecule has 0 aliphatic rings. The molecule has 0 saturated carbocycles. The van der Waals surface area contributed by atoms with Crippen molar-refractivity contribution in [3.8, 4) is 0 Å². The number of nitrogens with one attached hydrogen (secondary N) is 1. The van der Waals surface area contributed by atoms with Gasteiger partial charge in [0.15, 0.2) is 0 Å². The largest absolute Gasteiger partial charge is 0.268 e. The van der Waals surface area contributed by atoms with Gasteiger partial charge < -0.3 is 0 Å². The Morgan fingerprint density at radius 1 is 1.27 bits per heavy atom. The Morgan fingerprint density at radius 3 is 2.53 bits per heavy atom. The fourth-order valence-electron chi connectivity index (χ4n) is 1.17. The van der Waals surface area contributed by atoms with Crippen LogP contribution in [0.25, 0.3) is 0 Å². The van der Waals surface area contributed by atoms with Crippen LogP contribution >= 0.6 is 12.6 Å². The fraction of sp³-hybridized carbons (Fsp3) is 0.400. The molecule has 0 bridgehead atoms. The highest BCUT2D eigenvalue weighted by Crippen LogP contribution is 1.91. The quantitative estimate of drug-likeness (QED) is 0.587. The lowest BCUT2D eigenvalue weighted by Crippen LogP contribution is -2.32. The van der Waals surface area contributed by atoms with Gasteiger partial charge in [-0.05, 0) is 13.8 Å². The van der Waals surface area contributed by atoms with Crippen LogP contribution in [0.2, 0.25) is 0 Å². The summed E-state index contributed by atoms with van der Waals surface area (Å²) in [6.07, 6.45) is 3.61. The number of rotatable bonds is 3. The first-order chi connectivity index (χ1) is 7.07. The van der Waals surface area contributed by atoms with Crippen LogP contribution in [0, 0.1) is 13.8 Å². The smallest absolute Gasteiger partial charge is 0.268 e. The normalized spacial score (nSPS) is 11.1.